The van der Waals surface area contributed by atoms with Gasteiger partial charge in [-0.15, -0.1) is 0 Å². The van der Waals surface area contributed by atoms with Crippen molar-refractivity contribution in [3.05, 3.63) is 62.7 Å². The fourth-order valence-corrected chi connectivity index (χ4v) is 2.82. The van der Waals surface area contributed by atoms with Crippen LogP contribution in [0.4, 0.5) is 5.69 Å². The predicted octanol–water partition coefficient (Wildman–Crippen LogP) is 3.27. The number of imide groups is 1. The van der Waals surface area contributed by atoms with Gasteiger partial charge in [-0.2, -0.15) is 0 Å². The molecule has 0 saturated carbocycles. The summed E-state index contributed by atoms with van der Waals surface area (Å²) in [6.45, 7) is 2.16. The minimum absolute atomic E-state index is 0.174. The molecule has 0 radical (unpaired) electrons. The first-order valence-electron chi connectivity index (χ1n) is 6.53. The van der Waals surface area contributed by atoms with E-state index in [0.29, 0.717) is 11.1 Å². The molecule has 2 amide bonds. The molecular weight excluding hydrogens is 379 g/mol. The molecule has 1 N–H and O–H groups in total. The molecule has 0 fully saturated rings. The molecule has 0 unspecified atom stereocenters. The van der Waals surface area contributed by atoms with E-state index < -0.39 is 0 Å². The van der Waals surface area contributed by atoms with Crippen molar-refractivity contribution in [3.8, 4) is 0 Å². The van der Waals surface area contributed by atoms with Gasteiger partial charge >= 0.3 is 0 Å². The lowest BCUT2D eigenvalue weighted by Crippen LogP contribution is -2.34. The van der Waals surface area contributed by atoms with Crippen LogP contribution in [0.1, 0.15) is 26.3 Å². The zero-order valence-electron chi connectivity index (χ0n) is 11.4. The summed E-state index contributed by atoms with van der Waals surface area (Å²) in [4.78, 5) is 25.7. The van der Waals surface area contributed by atoms with E-state index in [1.54, 1.807) is 24.3 Å². The van der Waals surface area contributed by atoms with Crippen molar-refractivity contribution in [2.75, 3.05) is 12.0 Å². The van der Waals surface area contributed by atoms with Gasteiger partial charge in [0.15, 0.2) is 0 Å². The third-order valence-electron chi connectivity index (χ3n) is 3.51. The van der Waals surface area contributed by atoms with E-state index in [4.69, 9.17) is 0 Å². The lowest BCUT2D eigenvalue weighted by atomic mass is 10.1. The summed E-state index contributed by atoms with van der Waals surface area (Å²) in [5.41, 5.74) is 2.96. The van der Waals surface area contributed by atoms with Gasteiger partial charge in [0.2, 0.25) is 0 Å². The van der Waals surface area contributed by atoms with Gasteiger partial charge in [0.25, 0.3) is 11.8 Å². The molecule has 2 aromatic rings. The molecule has 3 rings (SSSR count). The van der Waals surface area contributed by atoms with E-state index in [9.17, 15) is 9.59 Å². The topological polar surface area (TPSA) is 49.4 Å². The number of hydrogen-bond acceptors (Lipinski definition) is 3. The summed E-state index contributed by atoms with van der Waals surface area (Å²) in [6.07, 6.45) is 0. The van der Waals surface area contributed by atoms with Crippen LogP contribution in [0, 0.1) is 10.5 Å². The van der Waals surface area contributed by atoms with E-state index in [0.717, 1.165) is 14.8 Å². The number of anilines is 1. The zero-order valence-corrected chi connectivity index (χ0v) is 13.5. The fraction of sp³-hybridized carbons (Fsp3) is 0.125. The summed E-state index contributed by atoms with van der Waals surface area (Å²) in [5, 5.41) is 3.17. The van der Waals surface area contributed by atoms with Crippen LogP contribution in [-0.4, -0.2) is 23.4 Å². The van der Waals surface area contributed by atoms with Crippen LogP contribution < -0.4 is 5.32 Å². The van der Waals surface area contributed by atoms with Crippen molar-refractivity contribution in [1.82, 2.24) is 4.90 Å². The molecule has 5 heteroatoms. The van der Waals surface area contributed by atoms with Crippen LogP contribution in [0.5, 0.6) is 0 Å². The molecule has 0 aromatic heterocycles. The Morgan fingerprint density at radius 1 is 1.05 bits per heavy atom. The molecule has 2 aromatic carbocycles. The van der Waals surface area contributed by atoms with Gasteiger partial charge in [-0.3, -0.25) is 14.5 Å². The number of halogens is 1. The van der Waals surface area contributed by atoms with Crippen molar-refractivity contribution in [2.24, 2.45) is 0 Å². The minimum atomic E-state index is -0.244. The largest absolute Gasteiger partial charge is 0.367 e. The van der Waals surface area contributed by atoms with E-state index in [1.807, 2.05) is 25.1 Å². The van der Waals surface area contributed by atoms with Crippen molar-refractivity contribution >= 4 is 40.1 Å². The maximum absolute atomic E-state index is 12.2. The Balaban J connectivity index is 1.80. The van der Waals surface area contributed by atoms with Crippen LogP contribution in [-0.2, 0) is 0 Å². The standard InChI is InChI=1S/C16H13IN2O2/c1-10-6-7-11(17)8-14(10)18-9-19-15(20)12-4-2-3-5-13(12)16(19)21/h2-8,18H,9H2,1H3. The minimum Gasteiger partial charge on any atom is -0.367 e. The van der Waals surface area contributed by atoms with E-state index in [2.05, 4.69) is 27.9 Å². The van der Waals surface area contributed by atoms with Gasteiger partial charge < -0.3 is 5.32 Å². The Labute approximate surface area is 136 Å². The van der Waals surface area contributed by atoms with Crippen molar-refractivity contribution < 1.29 is 9.59 Å². The van der Waals surface area contributed by atoms with Gasteiger partial charge in [-0.25, -0.2) is 0 Å². The van der Waals surface area contributed by atoms with Crippen molar-refractivity contribution in [2.45, 2.75) is 6.92 Å². The second kappa shape index (κ2) is 5.48. The van der Waals surface area contributed by atoms with Gasteiger partial charge in [0, 0.05) is 9.26 Å². The molecule has 1 aliphatic heterocycles. The average Bonchev–Trinajstić information content (AvgIpc) is 2.73. The van der Waals surface area contributed by atoms with E-state index in [-0.39, 0.29) is 18.5 Å². The first-order valence-corrected chi connectivity index (χ1v) is 7.61. The van der Waals surface area contributed by atoms with Crippen LogP contribution >= 0.6 is 22.6 Å². The second-order valence-electron chi connectivity index (χ2n) is 4.88. The zero-order chi connectivity index (χ0) is 15.0. The number of hydrogen-bond donors (Lipinski definition) is 1. The molecule has 1 aliphatic rings. The molecule has 1 heterocycles. The molecule has 0 aliphatic carbocycles. The Morgan fingerprint density at radius 3 is 2.29 bits per heavy atom. The van der Waals surface area contributed by atoms with E-state index in [1.165, 1.54) is 4.90 Å². The summed E-state index contributed by atoms with van der Waals surface area (Å²) < 4.78 is 1.10. The predicted molar refractivity (Wildman–Crippen MR) is 89.3 cm³/mol. The number of fused-ring (bicyclic) bond motifs is 1. The number of carbonyl (C=O) groups excluding carboxylic acids is 2. The van der Waals surface area contributed by atoms with Gasteiger partial charge in [-0.05, 0) is 59.3 Å². The lowest BCUT2D eigenvalue weighted by Gasteiger charge is -2.17. The number of benzene rings is 2. The highest BCUT2D eigenvalue weighted by Gasteiger charge is 2.34. The Kier molecular flexibility index (Phi) is 3.67. The molecule has 106 valence electrons. The molecule has 4 nitrogen and oxygen atoms in total. The van der Waals surface area contributed by atoms with E-state index >= 15 is 0 Å². The van der Waals surface area contributed by atoms with Crippen LogP contribution in [0.25, 0.3) is 0 Å². The van der Waals surface area contributed by atoms with Crippen LogP contribution in [0.2, 0.25) is 0 Å². The third kappa shape index (κ3) is 2.53. The number of nitrogens with zero attached hydrogens (tertiary/aromatic N) is 1. The highest BCUT2D eigenvalue weighted by molar-refractivity contribution is 14.1. The molecular formula is C16H13IN2O2. The summed E-state index contributed by atoms with van der Waals surface area (Å²) in [5.74, 6) is -0.488. The third-order valence-corrected chi connectivity index (χ3v) is 4.18. The van der Waals surface area contributed by atoms with Crippen LogP contribution in [0.15, 0.2) is 42.5 Å². The average molecular weight is 392 g/mol. The number of aryl methyl sites for hydroxylation is 1. The SMILES string of the molecule is Cc1ccc(I)cc1NCN1C(=O)c2ccccc2C1=O. The quantitative estimate of drug-likeness (QED) is 0.645. The Morgan fingerprint density at radius 2 is 1.67 bits per heavy atom. The monoisotopic (exact) mass is 392 g/mol. The molecule has 0 bridgehead atoms. The Bertz CT molecular complexity index is 708. The maximum Gasteiger partial charge on any atom is 0.263 e. The highest BCUT2D eigenvalue weighted by Crippen LogP contribution is 2.23. The van der Waals surface area contributed by atoms with Gasteiger partial charge in [-0.1, -0.05) is 18.2 Å². The first-order chi connectivity index (χ1) is 10.1. The van der Waals surface area contributed by atoms with Crippen LogP contribution in [0.3, 0.4) is 0 Å². The molecule has 0 saturated heterocycles. The number of carbonyl (C=O) groups is 2. The first kappa shape index (κ1) is 14.1. The maximum atomic E-state index is 12.2. The van der Waals surface area contributed by atoms with Gasteiger partial charge in [0.05, 0.1) is 17.8 Å². The Hall–Kier alpha value is -1.89. The normalized spacial score (nSPS) is 13.5. The van der Waals surface area contributed by atoms with Crippen molar-refractivity contribution in [1.29, 1.82) is 0 Å². The van der Waals surface area contributed by atoms with Crippen molar-refractivity contribution in [3.63, 3.8) is 0 Å². The highest BCUT2D eigenvalue weighted by atomic mass is 127. The summed E-state index contributed by atoms with van der Waals surface area (Å²) >= 11 is 2.23. The lowest BCUT2D eigenvalue weighted by molar-refractivity contribution is 0.0666. The molecule has 21 heavy (non-hydrogen) atoms. The number of amides is 2. The molecule has 0 spiro atoms. The number of rotatable bonds is 3. The fourth-order valence-electron chi connectivity index (χ4n) is 2.33. The summed E-state index contributed by atoms with van der Waals surface area (Å²) in [7, 11) is 0. The smallest absolute Gasteiger partial charge is 0.263 e. The number of nitrogens with one attached hydrogen (secondary N) is 1. The second-order valence-corrected chi connectivity index (χ2v) is 6.12. The van der Waals surface area contributed by atoms with Gasteiger partial charge in [0.1, 0.15) is 0 Å². The summed E-state index contributed by atoms with van der Waals surface area (Å²) in [6, 6.07) is 12.9. The molecule has 0 atom stereocenters.